The molecule has 3 heterocycles. The summed E-state index contributed by atoms with van der Waals surface area (Å²) >= 11 is 0. The molecule has 4 rings (SSSR count). The normalized spacial score (nSPS) is 15.5. The van der Waals surface area contributed by atoms with E-state index in [9.17, 15) is 4.79 Å². The molecule has 0 radical (unpaired) electrons. The van der Waals surface area contributed by atoms with Crippen LogP contribution in [0.5, 0.6) is 5.75 Å². The number of aryl methyl sites for hydroxylation is 2. The smallest absolute Gasteiger partial charge is 0.252 e. The highest BCUT2D eigenvalue weighted by atomic mass is 16.5. The monoisotopic (exact) mass is 335 g/mol. The van der Waals surface area contributed by atoms with Gasteiger partial charge in [0.1, 0.15) is 23.8 Å². The average Bonchev–Trinajstić information content (AvgIpc) is 3.21. The van der Waals surface area contributed by atoms with Crippen LogP contribution in [0.3, 0.4) is 0 Å². The third-order valence-electron chi connectivity index (χ3n) is 4.18. The second kappa shape index (κ2) is 6.05. The van der Waals surface area contributed by atoms with Gasteiger partial charge in [0.2, 0.25) is 0 Å². The summed E-state index contributed by atoms with van der Waals surface area (Å²) in [5.41, 5.74) is 4.05. The number of hydrogen-bond donors (Lipinski definition) is 1. The van der Waals surface area contributed by atoms with Crippen LogP contribution in [0.15, 0.2) is 47.1 Å². The Morgan fingerprint density at radius 2 is 2.08 bits per heavy atom. The van der Waals surface area contributed by atoms with E-state index in [0.717, 1.165) is 34.0 Å². The first-order valence-electron chi connectivity index (χ1n) is 8.04. The minimum atomic E-state index is -0.177. The summed E-state index contributed by atoms with van der Waals surface area (Å²) in [6.45, 7) is 4.12. The van der Waals surface area contributed by atoms with E-state index in [1.54, 1.807) is 18.3 Å². The summed E-state index contributed by atoms with van der Waals surface area (Å²) in [5, 5.41) is 7.04. The van der Waals surface area contributed by atoms with Gasteiger partial charge >= 0.3 is 0 Å². The summed E-state index contributed by atoms with van der Waals surface area (Å²) in [5.74, 6) is 1.38. The van der Waals surface area contributed by atoms with Crippen LogP contribution in [0.1, 0.15) is 33.4 Å². The van der Waals surface area contributed by atoms with Gasteiger partial charge in [-0.1, -0.05) is 17.3 Å². The second-order valence-corrected chi connectivity index (χ2v) is 6.10. The van der Waals surface area contributed by atoms with Crippen LogP contribution in [-0.2, 0) is 0 Å². The number of carbonyl (C=O) groups excluding carboxylic acids is 1. The van der Waals surface area contributed by atoms with Crippen LogP contribution in [0.25, 0.3) is 11.3 Å². The Kier molecular flexibility index (Phi) is 3.72. The summed E-state index contributed by atoms with van der Waals surface area (Å²) in [6.07, 6.45) is 1.63. The van der Waals surface area contributed by atoms with E-state index in [1.165, 1.54) is 0 Å². The van der Waals surface area contributed by atoms with E-state index in [0.29, 0.717) is 12.2 Å². The number of rotatable bonds is 3. The molecule has 1 aromatic carbocycles. The zero-order valence-corrected chi connectivity index (χ0v) is 13.9. The Labute approximate surface area is 144 Å². The first kappa shape index (κ1) is 15.4. The van der Waals surface area contributed by atoms with Crippen molar-refractivity contribution in [1.82, 2.24) is 15.5 Å². The van der Waals surface area contributed by atoms with Crippen LogP contribution in [0.2, 0.25) is 0 Å². The van der Waals surface area contributed by atoms with Gasteiger partial charge in [-0.2, -0.15) is 0 Å². The Bertz CT molecular complexity index is 949. The Morgan fingerprint density at radius 3 is 2.84 bits per heavy atom. The molecule has 0 fully saturated rings. The lowest BCUT2D eigenvalue weighted by Gasteiger charge is -2.12. The maximum Gasteiger partial charge on any atom is 0.252 e. The highest BCUT2D eigenvalue weighted by Crippen LogP contribution is 2.35. The Morgan fingerprint density at radius 1 is 1.20 bits per heavy atom. The Balaban J connectivity index is 1.55. The first-order chi connectivity index (χ1) is 12.1. The topological polar surface area (TPSA) is 77.2 Å². The van der Waals surface area contributed by atoms with Crippen molar-refractivity contribution in [3.05, 3.63) is 65.2 Å². The van der Waals surface area contributed by atoms with Crippen LogP contribution in [-0.4, -0.2) is 22.7 Å². The summed E-state index contributed by atoms with van der Waals surface area (Å²) in [6, 6.07) is 11.0. The number of amides is 1. The second-order valence-electron chi connectivity index (χ2n) is 6.10. The average molecular weight is 335 g/mol. The fraction of sp³-hybridized carbons (Fsp3) is 0.211. The van der Waals surface area contributed by atoms with Crippen molar-refractivity contribution < 1.29 is 14.1 Å². The molecule has 0 bridgehead atoms. The molecule has 0 unspecified atom stereocenters. The van der Waals surface area contributed by atoms with Crippen LogP contribution in [0.4, 0.5) is 0 Å². The molecule has 0 saturated heterocycles. The molecule has 1 atom stereocenters. The summed E-state index contributed by atoms with van der Waals surface area (Å²) in [7, 11) is 0. The summed E-state index contributed by atoms with van der Waals surface area (Å²) < 4.78 is 10.9. The number of carbonyl (C=O) groups is 1. The molecule has 6 heteroatoms. The molecule has 0 aliphatic carbocycles. The third-order valence-corrected chi connectivity index (χ3v) is 4.18. The standard InChI is InChI=1S/C19H17N3O3/c1-11-7-14(5-6-20-11)19(23)21-17-10-24-18-9-13(3-4-15(17)18)16-8-12(2)25-22-16/h3-9,17H,10H2,1-2H3,(H,21,23)/t17-/m1/s1. The molecule has 25 heavy (non-hydrogen) atoms. The number of nitrogens with one attached hydrogen (secondary N) is 1. The van der Waals surface area contributed by atoms with Crippen LogP contribution < -0.4 is 10.1 Å². The lowest BCUT2D eigenvalue weighted by atomic mass is 10.0. The minimum Gasteiger partial charge on any atom is -0.491 e. The maximum absolute atomic E-state index is 12.4. The van der Waals surface area contributed by atoms with Crippen molar-refractivity contribution in [1.29, 1.82) is 0 Å². The van der Waals surface area contributed by atoms with Gasteiger partial charge in [-0.05, 0) is 32.0 Å². The van der Waals surface area contributed by atoms with E-state index in [-0.39, 0.29) is 11.9 Å². The predicted octanol–water partition coefficient (Wildman–Crippen LogP) is 3.22. The highest BCUT2D eigenvalue weighted by Gasteiger charge is 2.26. The van der Waals surface area contributed by atoms with E-state index in [1.807, 2.05) is 38.1 Å². The van der Waals surface area contributed by atoms with Gasteiger partial charge in [0, 0.05) is 34.6 Å². The van der Waals surface area contributed by atoms with Gasteiger partial charge < -0.3 is 14.6 Å². The molecule has 1 aliphatic heterocycles. The molecule has 126 valence electrons. The van der Waals surface area contributed by atoms with Gasteiger partial charge in [-0.3, -0.25) is 9.78 Å². The molecular weight excluding hydrogens is 318 g/mol. The van der Waals surface area contributed by atoms with Crippen LogP contribution >= 0.6 is 0 Å². The third kappa shape index (κ3) is 2.98. The van der Waals surface area contributed by atoms with Gasteiger partial charge in [-0.15, -0.1) is 0 Å². The van der Waals surface area contributed by atoms with Crippen molar-refractivity contribution in [2.75, 3.05) is 6.61 Å². The van der Waals surface area contributed by atoms with Crippen molar-refractivity contribution in [2.24, 2.45) is 0 Å². The van der Waals surface area contributed by atoms with E-state index in [2.05, 4.69) is 15.5 Å². The number of aromatic nitrogens is 2. The number of hydrogen-bond acceptors (Lipinski definition) is 5. The van der Waals surface area contributed by atoms with Gasteiger partial charge in [0.15, 0.2) is 0 Å². The molecule has 2 aromatic heterocycles. The molecule has 1 amide bonds. The number of nitrogens with zero attached hydrogens (tertiary/aromatic N) is 2. The number of ether oxygens (including phenoxy) is 1. The maximum atomic E-state index is 12.4. The summed E-state index contributed by atoms with van der Waals surface area (Å²) in [4.78, 5) is 16.5. The number of benzene rings is 1. The molecular formula is C19H17N3O3. The lowest BCUT2D eigenvalue weighted by molar-refractivity contribution is 0.0930. The van der Waals surface area contributed by atoms with E-state index < -0.39 is 0 Å². The molecule has 0 spiro atoms. The lowest BCUT2D eigenvalue weighted by Crippen LogP contribution is -2.29. The number of fused-ring (bicyclic) bond motifs is 1. The quantitative estimate of drug-likeness (QED) is 0.795. The first-order valence-corrected chi connectivity index (χ1v) is 8.04. The molecule has 3 aromatic rings. The van der Waals surface area contributed by atoms with Crippen LogP contribution in [0, 0.1) is 13.8 Å². The van der Waals surface area contributed by atoms with Crippen molar-refractivity contribution >= 4 is 5.91 Å². The molecule has 0 saturated carbocycles. The fourth-order valence-electron chi connectivity index (χ4n) is 2.92. The van der Waals surface area contributed by atoms with Crippen molar-refractivity contribution in [3.63, 3.8) is 0 Å². The molecule has 6 nitrogen and oxygen atoms in total. The predicted molar refractivity (Wildman–Crippen MR) is 91.4 cm³/mol. The van der Waals surface area contributed by atoms with E-state index >= 15 is 0 Å². The van der Waals surface area contributed by atoms with Gasteiger partial charge in [0.05, 0.1) is 6.04 Å². The van der Waals surface area contributed by atoms with Crippen molar-refractivity contribution in [3.8, 4) is 17.0 Å². The zero-order chi connectivity index (χ0) is 17.4. The number of pyridine rings is 1. The SMILES string of the molecule is Cc1cc(C(=O)N[C@@H]2COc3cc(-c4cc(C)on4)ccc32)ccn1. The largest absolute Gasteiger partial charge is 0.491 e. The van der Waals surface area contributed by atoms with Crippen molar-refractivity contribution in [2.45, 2.75) is 19.9 Å². The fourth-order valence-corrected chi connectivity index (χ4v) is 2.92. The van der Waals surface area contributed by atoms with E-state index in [4.69, 9.17) is 9.26 Å². The van der Waals surface area contributed by atoms with Gasteiger partial charge in [0.25, 0.3) is 5.91 Å². The minimum absolute atomic E-state index is 0.136. The molecule has 1 N–H and O–H groups in total. The zero-order valence-electron chi connectivity index (χ0n) is 13.9. The van der Waals surface area contributed by atoms with Gasteiger partial charge in [-0.25, -0.2) is 0 Å². The highest BCUT2D eigenvalue weighted by molar-refractivity contribution is 5.94. The molecule has 1 aliphatic rings. The Hall–Kier alpha value is -3.15.